The van der Waals surface area contributed by atoms with Gasteiger partial charge in [0.1, 0.15) is 5.75 Å². The molecule has 0 saturated heterocycles. The standard InChI is InChI=1S/C17H21NO4/c1-10-8-11(22-9-15(19)20)6-7-14(10)18-17(21)16-12-4-2-3-5-13(12)16/h6-8,12-13,16H,2-5,9H2,1H3,(H,18,21)(H,19,20). The molecule has 2 atom stereocenters. The van der Waals surface area contributed by atoms with E-state index in [1.807, 2.05) is 6.92 Å². The maximum absolute atomic E-state index is 12.4. The van der Waals surface area contributed by atoms with Gasteiger partial charge in [0.2, 0.25) is 5.91 Å². The molecule has 0 bridgehead atoms. The van der Waals surface area contributed by atoms with E-state index in [0.717, 1.165) is 11.3 Å². The molecule has 3 rings (SSSR count). The van der Waals surface area contributed by atoms with Crippen molar-refractivity contribution in [2.24, 2.45) is 17.8 Å². The monoisotopic (exact) mass is 303 g/mol. The molecule has 2 aliphatic carbocycles. The number of benzene rings is 1. The number of nitrogens with one attached hydrogen (secondary N) is 1. The third-order valence-corrected chi connectivity index (χ3v) is 4.78. The zero-order chi connectivity index (χ0) is 15.7. The number of hydrogen-bond acceptors (Lipinski definition) is 3. The SMILES string of the molecule is Cc1cc(OCC(=O)O)ccc1NC(=O)C1C2CCCCC21. The summed E-state index contributed by atoms with van der Waals surface area (Å²) in [4.78, 5) is 22.9. The summed E-state index contributed by atoms with van der Waals surface area (Å²) in [6.45, 7) is 1.51. The molecule has 2 aliphatic rings. The third kappa shape index (κ3) is 3.08. The van der Waals surface area contributed by atoms with E-state index in [2.05, 4.69) is 5.32 Å². The number of carbonyl (C=O) groups is 2. The van der Waals surface area contributed by atoms with Gasteiger partial charge in [0.15, 0.2) is 6.61 Å². The predicted molar refractivity (Wildman–Crippen MR) is 81.9 cm³/mol. The lowest BCUT2D eigenvalue weighted by Gasteiger charge is -2.10. The summed E-state index contributed by atoms with van der Waals surface area (Å²) in [6, 6.07) is 5.21. The van der Waals surface area contributed by atoms with Crippen molar-refractivity contribution in [2.75, 3.05) is 11.9 Å². The van der Waals surface area contributed by atoms with Crippen molar-refractivity contribution in [2.45, 2.75) is 32.6 Å². The first-order valence-electron chi connectivity index (χ1n) is 7.82. The van der Waals surface area contributed by atoms with Gasteiger partial charge in [-0.3, -0.25) is 4.79 Å². The molecule has 118 valence electrons. The summed E-state index contributed by atoms with van der Waals surface area (Å²) in [5.74, 6) is 0.980. The van der Waals surface area contributed by atoms with Crippen LogP contribution >= 0.6 is 0 Å². The van der Waals surface area contributed by atoms with Crippen LogP contribution in [-0.4, -0.2) is 23.6 Å². The van der Waals surface area contributed by atoms with Crippen molar-refractivity contribution in [3.05, 3.63) is 23.8 Å². The normalized spacial score (nSPS) is 26.0. The van der Waals surface area contributed by atoms with Gasteiger partial charge in [0, 0.05) is 11.6 Å². The number of ether oxygens (including phenoxy) is 1. The zero-order valence-corrected chi connectivity index (χ0v) is 12.7. The summed E-state index contributed by atoms with van der Waals surface area (Å²) in [5, 5.41) is 11.6. The fraction of sp³-hybridized carbons (Fsp3) is 0.529. The molecule has 0 radical (unpaired) electrons. The van der Waals surface area contributed by atoms with Crippen LogP contribution in [0, 0.1) is 24.7 Å². The van der Waals surface area contributed by atoms with Gasteiger partial charge in [0.05, 0.1) is 0 Å². The molecular weight excluding hydrogens is 282 g/mol. The van der Waals surface area contributed by atoms with Crippen molar-refractivity contribution in [1.29, 1.82) is 0 Å². The van der Waals surface area contributed by atoms with Gasteiger partial charge >= 0.3 is 5.97 Å². The fourth-order valence-electron chi connectivity index (χ4n) is 3.61. The Labute approximate surface area is 129 Å². The Bertz CT molecular complexity index is 586. The maximum Gasteiger partial charge on any atom is 0.341 e. The summed E-state index contributed by atoms with van der Waals surface area (Å²) in [6.07, 6.45) is 4.87. The number of amides is 1. The number of hydrogen-bond donors (Lipinski definition) is 2. The highest BCUT2D eigenvalue weighted by Gasteiger charge is 2.54. The maximum atomic E-state index is 12.4. The van der Waals surface area contributed by atoms with E-state index in [1.165, 1.54) is 25.7 Å². The molecule has 5 heteroatoms. The highest BCUT2D eigenvalue weighted by Crippen LogP contribution is 2.55. The molecule has 22 heavy (non-hydrogen) atoms. The molecule has 0 heterocycles. The number of fused-ring (bicyclic) bond motifs is 1. The van der Waals surface area contributed by atoms with Crippen molar-refractivity contribution in [3.8, 4) is 5.75 Å². The van der Waals surface area contributed by atoms with E-state index in [4.69, 9.17) is 9.84 Å². The smallest absolute Gasteiger partial charge is 0.341 e. The Balaban J connectivity index is 1.60. The van der Waals surface area contributed by atoms with Crippen LogP contribution in [0.4, 0.5) is 5.69 Å². The van der Waals surface area contributed by atoms with Crippen LogP contribution in [0.5, 0.6) is 5.75 Å². The van der Waals surface area contributed by atoms with E-state index in [1.54, 1.807) is 18.2 Å². The first-order chi connectivity index (χ1) is 10.6. The average Bonchev–Trinajstić information content (AvgIpc) is 3.22. The van der Waals surface area contributed by atoms with Gasteiger partial charge in [-0.25, -0.2) is 4.79 Å². The predicted octanol–water partition coefficient (Wildman–Crippen LogP) is 2.83. The van der Waals surface area contributed by atoms with Gasteiger partial charge in [-0.15, -0.1) is 0 Å². The minimum absolute atomic E-state index is 0.124. The molecule has 2 fully saturated rings. The number of aryl methyl sites for hydroxylation is 1. The van der Waals surface area contributed by atoms with Crippen LogP contribution in [-0.2, 0) is 9.59 Å². The van der Waals surface area contributed by atoms with Gasteiger partial charge < -0.3 is 15.2 Å². The topological polar surface area (TPSA) is 75.6 Å². The fourth-order valence-corrected chi connectivity index (χ4v) is 3.61. The van der Waals surface area contributed by atoms with E-state index in [9.17, 15) is 9.59 Å². The van der Waals surface area contributed by atoms with Crippen molar-refractivity contribution >= 4 is 17.6 Å². The number of aliphatic carboxylic acids is 1. The Morgan fingerprint density at radius 2 is 1.95 bits per heavy atom. The minimum Gasteiger partial charge on any atom is -0.482 e. The van der Waals surface area contributed by atoms with Crippen LogP contribution < -0.4 is 10.1 Å². The molecule has 1 aromatic rings. The van der Waals surface area contributed by atoms with E-state index < -0.39 is 5.97 Å². The van der Waals surface area contributed by atoms with E-state index in [-0.39, 0.29) is 18.4 Å². The molecule has 1 aromatic carbocycles. The Morgan fingerprint density at radius 1 is 1.27 bits per heavy atom. The second-order valence-corrected chi connectivity index (χ2v) is 6.29. The Kier molecular flexibility index (Phi) is 4.05. The second kappa shape index (κ2) is 5.99. The van der Waals surface area contributed by atoms with Crippen molar-refractivity contribution in [1.82, 2.24) is 0 Å². The summed E-state index contributed by atoms with van der Waals surface area (Å²) in [7, 11) is 0. The number of rotatable bonds is 5. The molecule has 1 amide bonds. The first-order valence-corrected chi connectivity index (χ1v) is 7.82. The quantitative estimate of drug-likeness (QED) is 0.877. The van der Waals surface area contributed by atoms with Crippen molar-refractivity contribution < 1.29 is 19.4 Å². The number of carboxylic acid groups (broad SMARTS) is 1. The van der Waals surface area contributed by atoms with Gasteiger partial charge in [-0.2, -0.15) is 0 Å². The average molecular weight is 303 g/mol. The molecule has 2 saturated carbocycles. The second-order valence-electron chi connectivity index (χ2n) is 6.29. The summed E-state index contributed by atoms with van der Waals surface area (Å²) in [5.41, 5.74) is 1.65. The largest absolute Gasteiger partial charge is 0.482 e. The molecule has 0 aromatic heterocycles. The van der Waals surface area contributed by atoms with Crippen molar-refractivity contribution in [3.63, 3.8) is 0 Å². The van der Waals surface area contributed by atoms with E-state index in [0.29, 0.717) is 17.6 Å². The number of carboxylic acids is 1. The summed E-state index contributed by atoms with van der Waals surface area (Å²) >= 11 is 0. The van der Waals surface area contributed by atoms with Crippen LogP contribution in [0.3, 0.4) is 0 Å². The molecule has 2 unspecified atom stereocenters. The Morgan fingerprint density at radius 3 is 2.55 bits per heavy atom. The summed E-state index contributed by atoms with van der Waals surface area (Å²) < 4.78 is 5.13. The minimum atomic E-state index is -1.01. The lowest BCUT2D eigenvalue weighted by Crippen LogP contribution is -2.16. The molecular formula is C17H21NO4. The lowest BCUT2D eigenvalue weighted by atomic mass is 10.0. The number of carbonyl (C=O) groups excluding carboxylic acids is 1. The van der Waals surface area contributed by atoms with Gasteiger partial charge in [-0.1, -0.05) is 12.8 Å². The highest BCUT2D eigenvalue weighted by atomic mass is 16.5. The van der Waals surface area contributed by atoms with Crippen LogP contribution in [0.1, 0.15) is 31.2 Å². The Hall–Kier alpha value is -2.04. The zero-order valence-electron chi connectivity index (χ0n) is 12.7. The first kappa shape index (κ1) is 14.9. The molecule has 2 N–H and O–H groups in total. The molecule has 0 aliphatic heterocycles. The van der Waals surface area contributed by atoms with Crippen LogP contribution in [0.15, 0.2) is 18.2 Å². The van der Waals surface area contributed by atoms with Gasteiger partial charge in [0.25, 0.3) is 0 Å². The van der Waals surface area contributed by atoms with Crippen LogP contribution in [0.25, 0.3) is 0 Å². The van der Waals surface area contributed by atoms with E-state index >= 15 is 0 Å². The molecule has 0 spiro atoms. The lowest BCUT2D eigenvalue weighted by molar-refractivity contribution is -0.139. The number of anilines is 1. The van der Waals surface area contributed by atoms with Crippen LogP contribution in [0.2, 0.25) is 0 Å². The highest BCUT2D eigenvalue weighted by molar-refractivity contribution is 5.95. The van der Waals surface area contributed by atoms with Gasteiger partial charge in [-0.05, 0) is 55.4 Å². The third-order valence-electron chi connectivity index (χ3n) is 4.78. The molecule has 5 nitrogen and oxygen atoms in total.